The highest BCUT2D eigenvalue weighted by molar-refractivity contribution is 9.10. The Morgan fingerprint density at radius 2 is 2.13 bits per heavy atom. The Hall–Kier alpha value is -0.740. The third-order valence-corrected chi connectivity index (χ3v) is 3.43. The summed E-state index contributed by atoms with van der Waals surface area (Å²) in [6.45, 7) is 0. The Labute approximate surface area is 96.8 Å². The molecule has 1 aliphatic rings. The minimum Gasteiger partial charge on any atom is -0.504 e. The molecular formula is C11H13BrO3. The maximum atomic E-state index is 9.82. The lowest BCUT2D eigenvalue weighted by Gasteiger charge is -2.12. The third-order valence-electron chi connectivity index (χ3n) is 2.69. The summed E-state index contributed by atoms with van der Waals surface area (Å²) < 4.78 is 5.83. The SMILES string of the molecule is COc1cc(CC2(O)CC2)c(Br)cc1O. The van der Waals surface area contributed by atoms with Gasteiger partial charge in [0.25, 0.3) is 0 Å². The zero-order valence-electron chi connectivity index (χ0n) is 8.46. The largest absolute Gasteiger partial charge is 0.504 e. The van der Waals surface area contributed by atoms with E-state index in [0.717, 1.165) is 22.9 Å². The maximum absolute atomic E-state index is 9.82. The Morgan fingerprint density at radius 3 is 2.67 bits per heavy atom. The number of methoxy groups -OCH3 is 1. The van der Waals surface area contributed by atoms with Gasteiger partial charge < -0.3 is 14.9 Å². The topological polar surface area (TPSA) is 49.7 Å². The van der Waals surface area contributed by atoms with Crippen LogP contribution in [0, 0.1) is 0 Å². The summed E-state index contributed by atoms with van der Waals surface area (Å²) >= 11 is 3.36. The molecule has 82 valence electrons. The molecule has 0 atom stereocenters. The second-order valence-corrected chi connectivity index (χ2v) is 4.87. The van der Waals surface area contributed by atoms with Gasteiger partial charge in [-0.1, -0.05) is 15.9 Å². The molecule has 4 heteroatoms. The summed E-state index contributed by atoms with van der Waals surface area (Å²) in [7, 11) is 1.51. The van der Waals surface area contributed by atoms with E-state index in [1.165, 1.54) is 7.11 Å². The number of phenols is 1. The number of hydrogen-bond acceptors (Lipinski definition) is 3. The van der Waals surface area contributed by atoms with Gasteiger partial charge in [0.15, 0.2) is 11.5 Å². The van der Waals surface area contributed by atoms with Crippen LogP contribution in [0.5, 0.6) is 11.5 Å². The molecule has 1 aliphatic carbocycles. The van der Waals surface area contributed by atoms with Gasteiger partial charge in [-0.2, -0.15) is 0 Å². The van der Waals surface area contributed by atoms with Crippen LogP contribution in [-0.4, -0.2) is 22.9 Å². The van der Waals surface area contributed by atoms with Crippen molar-refractivity contribution < 1.29 is 14.9 Å². The molecule has 0 heterocycles. The molecule has 0 radical (unpaired) electrons. The highest BCUT2D eigenvalue weighted by Gasteiger charge is 2.40. The Balaban J connectivity index is 2.29. The monoisotopic (exact) mass is 272 g/mol. The van der Waals surface area contributed by atoms with E-state index in [-0.39, 0.29) is 5.75 Å². The van der Waals surface area contributed by atoms with E-state index in [2.05, 4.69) is 15.9 Å². The fraction of sp³-hybridized carbons (Fsp3) is 0.455. The standard InChI is InChI=1S/C11H13BrO3/c1-15-10-4-7(6-11(14)2-3-11)8(12)5-9(10)13/h4-5,13-14H,2-3,6H2,1H3. The van der Waals surface area contributed by atoms with Gasteiger partial charge in [-0.05, 0) is 30.5 Å². The first-order valence-corrected chi connectivity index (χ1v) is 5.61. The molecule has 3 nitrogen and oxygen atoms in total. The van der Waals surface area contributed by atoms with Crippen molar-refractivity contribution in [2.24, 2.45) is 0 Å². The first-order chi connectivity index (χ1) is 7.04. The van der Waals surface area contributed by atoms with Crippen molar-refractivity contribution in [3.63, 3.8) is 0 Å². The van der Waals surface area contributed by atoms with Crippen molar-refractivity contribution in [2.75, 3.05) is 7.11 Å². The zero-order chi connectivity index (χ0) is 11.1. The molecule has 0 saturated heterocycles. The van der Waals surface area contributed by atoms with E-state index in [0.29, 0.717) is 12.2 Å². The number of hydrogen-bond donors (Lipinski definition) is 2. The predicted octanol–water partition coefficient (Wildman–Crippen LogP) is 2.23. The van der Waals surface area contributed by atoms with Gasteiger partial charge in [0.2, 0.25) is 0 Å². The molecule has 0 amide bonds. The molecule has 0 spiro atoms. The molecular weight excluding hydrogens is 260 g/mol. The summed E-state index contributed by atoms with van der Waals surface area (Å²) in [5, 5.41) is 19.3. The van der Waals surface area contributed by atoms with Gasteiger partial charge in [-0.3, -0.25) is 0 Å². The van der Waals surface area contributed by atoms with E-state index in [4.69, 9.17) is 4.74 Å². The third kappa shape index (κ3) is 2.26. The number of aliphatic hydroxyl groups is 1. The highest BCUT2D eigenvalue weighted by atomic mass is 79.9. The van der Waals surface area contributed by atoms with Gasteiger partial charge in [0.05, 0.1) is 12.7 Å². The summed E-state index contributed by atoms with van der Waals surface area (Å²) in [4.78, 5) is 0. The molecule has 1 aromatic carbocycles. The van der Waals surface area contributed by atoms with Crippen molar-refractivity contribution >= 4 is 15.9 Å². The number of halogens is 1. The Kier molecular flexibility index (Phi) is 2.64. The average molecular weight is 273 g/mol. The van der Waals surface area contributed by atoms with Gasteiger partial charge in [-0.15, -0.1) is 0 Å². The lowest BCUT2D eigenvalue weighted by atomic mass is 10.1. The molecule has 0 bridgehead atoms. The normalized spacial score (nSPS) is 17.5. The minimum absolute atomic E-state index is 0.107. The second-order valence-electron chi connectivity index (χ2n) is 4.02. The van der Waals surface area contributed by atoms with Gasteiger partial charge >= 0.3 is 0 Å². The molecule has 1 aromatic rings. The first-order valence-electron chi connectivity index (χ1n) is 4.82. The van der Waals surface area contributed by atoms with Crippen LogP contribution in [0.1, 0.15) is 18.4 Å². The van der Waals surface area contributed by atoms with Crippen LogP contribution in [-0.2, 0) is 6.42 Å². The molecule has 0 aliphatic heterocycles. The van der Waals surface area contributed by atoms with Crippen LogP contribution in [0.25, 0.3) is 0 Å². The quantitative estimate of drug-likeness (QED) is 0.887. The summed E-state index contributed by atoms with van der Waals surface area (Å²) in [5.41, 5.74) is 0.425. The molecule has 1 fully saturated rings. The average Bonchev–Trinajstić information content (AvgIpc) is 2.89. The van der Waals surface area contributed by atoms with E-state index < -0.39 is 5.60 Å². The van der Waals surface area contributed by atoms with Gasteiger partial charge in [0.1, 0.15) is 0 Å². The van der Waals surface area contributed by atoms with Crippen molar-refractivity contribution in [1.29, 1.82) is 0 Å². The Bertz CT molecular complexity index is 386. The number of phenolic OH excluding ortho intramolecular Hbond substituents is 1. The van der Waals surface area contributed by atoms with Crippen LogP contribution in [0.15, 0.2) is 16.6 Å². The van der Waals surface area contributed by atoms with E-state index in [1.54, 1.807) is 12.1 Å². The van der Waals surface area contributed by atoms with Crippen molar-refractivity contribution in [3.8, 4) is 11.5 Å². The fourth-order valence-electron chi connectivity index (χ4n) is 1.56. The lowest BCUT2D eigenvalue weighted by molar-refractivity contribution is 0.150. The lowest BCUT2D eigenvalue weighted by Crippen LogP contribution is -2.11. The van der Waals surface area contributed by atoms with Crippen LogP contribution in [0.3, 0.4) is 0 Å². The van der Waals surface area contributed by atoms with Crippen LogP contribution >= 0.6 is 15.9 Å². The number of aromatic hydroxyl groups is 1. The summed E-state index contributed by atoms with van der Waals surface area (Å²) in [6.07, 6.45) is 2.30. The molecule has 2 rings (SSSR count). The van der Waals surface area contributed by atoms with Crippen molar-refractivity contribution in [2.45, 2.75) is 24.9 Å². The van der Waals surface area contributed by atoms with E-state index in [1.807, 2.05) is 0 Å². The molecule has 2 N–H and O–H groups in total. The summed E-state index contributed by atoms with van der Waals surface area (Å²) in [5.74, 6) is 0.549. The molecule has 0 unspecified atom stereocenters. The maximum Gasteiger partial charge on any atom is 0.160 e. The predicted molar refractivity (Wildman–Crippen MR) is 60.2 cm³/mol. The minimum atomic E-state index is -0.537. The van der Waals surface area contributed by atoms with E-state index >= 15 is 0 Å². The number of benzene rings is 1. The first kappa shape index (κ1) is 10.8. The van der Waals surface area contributed by atoms with Crippen LogP contribution in [0.2, 0.25) is 0 Å². The molecule has 1 saturated carbocycles. The number of ether oxygens (including phenoxy) is 1. The zero-order valence-corrected chi connectivity index (χ0v) is 10.0. The Morgan fingerprint density at radius 1 is 1.47 bits per heavy atom. The molecule has 15 heavy (non-hydrogen) atoms. The number of rotatable bonds is 3. The summed E-state index contributed by atoms with van der Waals surface area (Å²) in [6, 6.07) is 3.36. The fourth-order valence-corrected chi connectivity index (χ4v) is 2.03. The second kappa shape index (κ2) is 3.68. The highest BCUT2D eigenvalue weighted by Crippen LogP contribution is 2.41. The van der Waals surface area contributed by atoms with Crippen molar-refractivity contribution in [3.05, 3.63) is 22.2 Å². The molecule has 0 aromatic heterocycles. The van der Waals surface area contributed by atoms with E-state index in [9.17, 15) is 10.2 Å². The van der Waals surface area contributed by atoms with Crippen LogP contribution < -0.4 is 4.74 Å². The van der Waals surface area contributed by atoms with Crippen LogP contribution in [0.4, 0.5) is 0 Å². The smallest absolute Gasteiger partial charge is 0.160 e. The van der Waals surface area contributed by atoms with Crippen molar-refractivity contribution in [1.82, 2.24) is 0 Å². The van der Waals surface area contributed by atoms with Gasteiger partial charge in [0, 0.05) is 10.9 Å². The van der Waals surface area contributed by atoms with Gasteiger partial charge in [-0.25, -0.2) is 0 Å².